The maximum Gasteiger partial charge on any atom is 0.212 e. The molecular weight excluding hydrogens is 242 g/mol. The first-order valence-electron chi connectivity index (χ1n) is 6.33. The van der Waals surface area contributed by atoms with Gasteiger partial charge in [-0.3, -0.25) is 0 Å². The predicted octanol–water partition coefficient (Wildman–Crippen LogP) is 1.27. The fourth-order valence-electron chi connectivity index (χ4n) is 1.61. The lowest BCUT2D eigenvalue weighted by atomic mass is 10.1. The molecule has 0 aromatic carbocycles. The topological polar surface area (TPSA) is 69.4 Å². The van der Waals surface area contributed by atoms with Crippen LogP contribution in [0.25, 0.3) is 0 Å². The van der Waals surface area contributed by atoms with Gasteiger partial charge in [-0.25, -0.2) is 4.98 Å². The van der Waals surface area contributed by atoms with Gasteiger partial charge in [0, 0.05) is 31.4 Å². The first-order chi connectivity index (χ1) is 9.17. The van der Waals surface area contributed by atoms with Gasteiger partial charge in [0.25, 0.3) is 0 Å². The van der Waals surface area contributed by atoms with Crippen molar-refractivity contribution in [2.24, 2.45) is 5.73 Å². The van der Waals surface area contributed by atoms with Crippen LogP contribution in [-0.2, 0) is 4.74 Å². The third kappa shape index (κ3) is 5.83. The SMILES string of the molecule is C=C(C)COCCNC(CN)c1ccc(OC)nc1. The summed E-state index contributed by atoms with van der Waals surface area (Å²) in [6.45, 7) is 8.20. The Morgan fingerprint density at radius 1 is 1.53 bits per heavy atom. The molecule has 106 valence electrons. The van der Waals surface area contributed by atoms with Crippen LogP contribution in [0.5, 0.6) is 5.88 Å². The number of ether oxygens (including phenoxy) is 2. The molecule has 0 aliphatic heterocycles. The van der Waals surface area contributed by atoms with Crippen LogP contribution in [0.1, 0.15) is 18.5 Å². The van der Waals surface area contributed by atoms with E-state index >= 15 is 0 Å². The Morgan fingerprint density at radius 3 is 2.84 bits per heavy atom. The molecule has 1 aromatic heterocycles. The van der Waals surface area contributed by atoms with Gasteiger partial charge < -0.3 is 20.5 Å². The molecule has 3 N–H and O–H groups in total. The van der Waals surface area contributed by atoms with Crippen molar-refractivity contribution in [2.45, 2.75) is 13.0 Å². The molecular formula is C14H23N3O2. The highest BCUT2D eigenvalue weighted by atomic mass is 16.5. The zero-order valence-electron chi connectivity index (χ0n) is 11.7. The average Bonchev–Trinajstić information content (AvgIpc) is 2.43. The van der Waals surface area contributed by atoms with Gasteiger partial charge in [-0.1, -0.05) is 18.2 Å². The van der Waals surface area contributed by atoms with E-state index < -0.39 is 0 Å². The zero-order valence-corrected chi connectivity index (χ0v) is 11.7. The second-order valence-corrected chi connectivity index (χ2v) is 4.39. The molecule has 0 saturated heterocycles. The van der Waals surface area contributed by atoms with E-state index in [4.69, 9.17) is 15.2 Å². The van der Waals surface area contributed by atoms with Crippen molar-refractivity contribution in [3.05, 3.63) is 36.0 Å². The van der Waals surface area contributed by atoms with E-state index in [1.54, 1.807) is 13.3 Å². The molecule has 0 fully saturated rings. The predicted molar refractivity (Wildman–Crippen MR) is 76.2 cm³/mol. The van der Waals surface area contributed by atoms with Crippen LogP contribution in [0.4, 0.5) is 0 Å². The van der Waals surface area contributed by atoms with Crippen molar-refractivity contribution in [1.29, 1.82) is 0 Å². The Hall–Kier alpha value is -1.43. The van der Waals surface area contributed by atoms with Gasteiger partial charge in [0.2, 0.25) is 5.88 Å². The zero-order chi connectivity index (χ0) is 14.1. The molecule has 5 heteroatoms. The summed E-state index contributed by atoms with van der Waals surface area (Å²) >= 11 is 0. The van der Waals surface area contributed by atoms with Gasteiger partial charge in [0.15, 0.2) is 0 Å². The molecule has 1 heterocycles. The van der Waals surface area contributed by atoms with Crippen LogP contribution in [0, 0.1) is 0 Å². The summed E-state index contributed by atoms with van der Waals surface area (Å²) in [4.78, 5) is 4.17. The summed E-state index contributed by atoms with van der Waals surface area (Å²) in [7, 11) is 1.60. The number of hydrogen-bond acceptors (Lipinski definition) is 5. The Kier molecular flexibility index (Phi) is 7.10. The van der Waals surface area contributed by atoms with Crippen LogP contribution in [0.15, 0.2) is 30.5 Å². The first kappa shape index (κ1) is 15.6. The Morgan fingerprint density at radius 2 is 2.32 bits per heavy atom. The van der Waals surface area contributed by atoms with Gasteiger partial charge in [0.05, 0.1) is 20.3 Å². The third-order valence-electron chi connectivity index (χ3n) is 2.59. The average molecular weight is 265 g/mol. The number of hydrogen-bond donors (Lipinski definition) is 2. The quantitative estimate of drug-likeness (QED) is 0.520. The lowest BCUT2D eigenvalue weighted by molar-refractivity contribution is 0.155. The van der Waals surface area contributed by atoms with Crippen LogP contribution in [-0.4, -0.2) is 38.4 Å². The molecule has 0 aliphatic rings. The number of methoxy groups -OCH3 is 1. The lowest BCUT2D eigenvalue weighted by Crippen LogP contribution is -2.31. The van der Waals surface area contributed by atoms with E-state index in [-0.39, 0.29) is 6.04 Å². The number of nitrogens with zero attached hydrogens (tertiary/aromatic N) is 1. The minimum atomic E-state index is 0.0758. The highest BCUT2D eigenvalue weighted by Crippen LogP contribution is 2.13. The Balaban J connectivity index is 2.37. The van der Waals surface area contributed by atoms with Crippen LogP contribution in [0.2, 0.25) is 0 Å². The van der Waals surface area contributed by atoms with Gasteiger partial charge in [0.1, 0.15) is 0 Å². The second-order valence-electron chi connectivity index (χ2n) is 4.39. The summed E-state index contributed by atoms with van der Waals surface area (Å²) in [6.07, 6.45) is 1.78. The highest BCUT2D eigenvalue weighted by Gasteiger charge is 2.09. The number of pyridine rings is 1. The maximum absolute atomic E-state index is 5.76. The molecule has 1 rings (SSSR count). The minimum absolute atomic E-state index is 0.0758. The van der Waals surface area contributed by atoms with Crippen molar-refractivity contribution < 1.29 is 9.47 Å². The molecule has 0 spiro atoms. The van der Waals surface area contributed by atoms with E-state index in [0.717, 1.165) is 17.7 Å². The number of aromatic nitrogens is 1. The van der Waals surface area contributed by atoms with Crippen molar-refractivity contribution in [3.8, 4) is 5.88 Å². The van der Waals surface area contributed by atoms with Gasteiger partial charge in [-0.05, 0) is 12.5 Å². The lowest BCUT2D eigenvalue weighted by Gasteiger charge is -2.17. The maximum atomic E-state index is 5.76. The molecule has 1 unspecified atom stereocenters. The van der Waals surface area contributed by atoms with Crippen LogP contribution >= 0.6 is 0 Å². The van der Waals surface area contributed by atoms with E-state index in [1.165, 1.54) is 0 Å². The normalized spacial score (nSPS) is 12.2. The first-order valence-corrected chi connectivity index (χ1v) is 6.33. The fourth-order valence-corrected chi connectivity index (χ4v) is 1.61. The Bertz CT molecular complexity index is 379. The third-order valence-corrected chi connectivity index (χ3v) is 2.59. The molecule has 0 bridgehead atoms. The van der Waals surface area contributed by atoms with Crippen molar-refractivity contribution in [1.82, 2.24) is 10.3 Å². The van der Waals surface area contributed by atoms with Crippen molar-refractivity contribution >= 4 is 0 Å². The largest absolute Gasteiger partial charge is 0.481 e. The molecule has 19 heavy (non-hydrogen) atoms. The van der Waals surface area contributed by atoms with E-state index in [1.807, 2.05) is 19.1 Å². The molecule has 1 aromatic rings. The molecule has 0 aliphatic carbocycles. The summed E-state index contributed by atoms with van der Waals surface area (Å²) in [6, 6.07) is 3.87. The summed E-state index contributed by atoms with van der Waals surface area (Å²) in [5.41, 5.74) is 7.83. The minimum Gasteiger partial charge on any atom is -0.481 e. The number of nitrogens with two attached hydrogens (primary N) is 1. The van der Waals surface area contributed by atoms with Gasteiger partial charge in [-0.2, -0.15) is 0 Å². The smallest absolute Gasteiger partial charge is 0.212 e. The van der Waals surface area contributed by atoms with E-state index in [0.29, 0.717) is 25.6 Å². The summed E-state index contributed by atoms with van der Waals surface area (Å²) < 4.78 is 10.5. The standard InChI is InChI=1S/C14H23N3O2/c1-11(2)10-19-7-6-16-13(8-15)12-4-5-14(18-3)17-9-12/h4-5,9,13,16H,1,6-8,10,15H2,2-3H3. The van der Waals surface area contributed by atoms with Gasteiger partial charge in [-0.15, -0.1) is 0 Å². The molecule has 0 saturated carbocycles. The summed E-state index contributed by atoms with van der Waals surface area (Å²) in [5.74, 6) is 0.601. The van der Waals surface area contributed by atoms with E-state index in [2.05, 4.69) is 16.9 Å². The molecule has 0 amide bonds. The Labute approximate surface area is 114 Å². The number of rotatable bonds is 9. The molecule has 5 nitrogen and oxygen atoms in total. The summed E-state index contributed by atoms with van der Waals surface area (Å²) in [5, 5.41) is 3.34. The monoisotopic (exact) mass is 265 g/mol. The van der Waals surface area contributed by atoms with Crippen LogP contribution in [0.3, 0.4) is 0 Å². The van der Waals surface area contributed by atoms with Gasteiger partial charge >= 0.3 is 0 Å². The molecule has 1 atom stereocenters. The second kappa shape index (κ2) is 8.63. The van der Waals surface area contributed by atoms with Crippen molar-refractivity contribution in [2.75, 3.05) is 33.4 Å². The van der Waals surface area contributed by atoms with Crippen LogP contribution < -0.4 is 15.8 Å². The number of nitrogens with one attached hydrogen (secondary N) is 1. The van der Waals surface area contributed by atoms with Crippen molar-refractivity contribution in [3.63, 3.8) is 0 Å². The highest BCUT2D eigenvalue weighted by molar-refractivity contribution is 5.21. The fraction of sp³-hybridized carbons (Fsp3) is 0.500. The molecule has 0 radical (unpaired) electrons. The van der Waals surface area contributed by atoms with E-state index in [9.17, 15) is 0 Å².